The van der Waals surface area contributed by atoms with Crippen molar-refractivity contribution in [3.8, 4) is 11.4 Å². The standard InChI is InChI=1S/C29H30F2N6OS/c1-18-8-10-21-22(6-4-7-23(21)32-18)26-34-35-28(36(26)3)39-17-5-14-37-15-12-19-9-11-24-25(20(19)13-16-37)38-27(33-24)29(2,30)31/h4,6-11H,5,12-17H2,1-3H3. The third-order valence-corrected chi connectivity index (χ3v) is 8.41. The second kappa shape index (κ2) is 10.3. The van der Waals surface area contributed by atoms with Gasteiger partial charge in [0.25, 0.3) is 5.89 Å². The van der Waals surface area contributed by atoms with Crippen LogP contribution in [0.4, 0.5) is 8.78 Å². The second-order valence-corrected chi connectivity index (χ2v) is 11.3. The van der Waals surface area contributed by atoms with Crippen molar-refractivity contribution in [1.82, 2.24) is 29.6 Å². The third-order valence-electron chi connectivity index (χ3n) is 7.31. The highest BCUT2D eigenvalue weighted by Gasteiger charge is 2.32. The fraction of sp³-hybridized carbons (Fsp3) is 0.379. The molecular weight excluding hydrogens is 518 g/mol. The molecule has 202 valence electrons. The van der Waals surface area contributed by atoms with Crippen LogP contribution in [-0.2, 0) is 25.8 Å². The third kappa shape index (κ3) is 5.15. The van der Waals surface area contributed by atoms with E-state index in [0.29, 0.717) is 11.1 Å². The molecule has 6 rings (SSSR count). The van der Waals surface area contributed by atoms with E-state index in [4.69, 9.17) is 4.42 Å². The maximum atomic E-state index is 13.8. The molecule has 5 aromatic rings. The zero-order chi connectivity index (χ0) is 27.1. The van der Waals surface area contributed by atoms with Crippen molar-refractivity contribution in [3.63, 3.8) is 0 Å². The molecule has 2 aromatic carbocycles. The van der Waals surface area contributed by atoms with Crippen molar-refractivity contribution in [2.45, 2.75) is 44.2 Å². The van der Waals surface area contributed by atoms with Gasteiger partial charge >= 0.3 is 5.92 Å². The normalized spacial score (nSPS) is 14.7. The van der Waals surface area contributed by atoms with Crippen LogP contribution in [0.3, 0.4) is 0 Å². The smallest absolute Gasteiger partial charge is 0.319 e. The molecule has 0 fully saturated rings. The van der Waals surface area contributed by atoms with Crippen molar-refractivity contribution in [2.24, 2.45) is 7.05 Å². The number of pyridine rings is 1. The van der Waals surface area contributed by atoms with Crippen LogP contribution >= 0.6 is 11.8 Å². The molecule has 10 heteroatoms. The monoisotopic (exact) mass is 548 g/mol. The van der Waals surface area contributed by atoms with Crippen molar-refractivity contribution >= 4 is 33.8 Å². The lowest BCUT2D eigenvalue weighted by Gasteiger charge is -2.19. The van der Waals surface area contributed by atoms with Gasteiger partial charge in [-0.3, -0.25) is 4.98 Å². The summed E-state index contributed by atoms with van der Waals surface area (Å²) in [5, 5.41) is 10.9. The highest BCUT2D eigenvalue weighted by atomic mass is 32.2. The van der Waals surface area contributed by atoms with Crippen LogP contribution in [0.2, 0.25) is 0 Å². The summed E-state index contributed by atoms with van der Waals surface area (Å²) in [6.07, 6.45) is 2.63. The molecular formula is C29H30F2N6OS. The second-order valence-electron chi connectivity index (χ2n) is 10.2. The molecule has 0 amide bonds. The van der Waals surface area contributed by atoms with Gasteiger partial charge in [-0.05, 0) is 56.5 Å². The molecule has 1 aliphatic rings. The fourth-order valence-electron chi connectivity index (χ4n) is 5.25. The molecule has 39 heavy (non-hydrogen) atoms. The molecule has 0 spiro atoms. The van der Waals surface area contributed by atoms with Gasteiger partial charge in [0, 0.05) is 55.0 Å². The largest absolute Gasteiger partial charge is 0.435 e. The van der Waals surface area contributed by atoms with Crippen LogP contribution in [0.15, 0.2) is 52.0 Å². The number of halogens is 2. The van der Waals surface area contributed by atoms with E-state index in [1.165, 1.54) is 0 Å². The zero-order valence-electron chi connectivity index (χ0n) is 22.2. The lowest BCUT2D eigenvalue weighted by Crippen LogP contribution is -2.27. The van der Waals surface area contributed by atoms with Gasteiger partial charge in [-0.1, -0.05) is 36.0 Å². The molecule has 0 N–H and O–H groups in total. The Morgan fingerprint density at radius 3 is 2.69 bits per heavy atom. The van der Waals surface area contributed by atoms with Gasteiger partial charge in [0.2, 0.25) is 0 Å². The first-order valence-electron chi connectivity index (χ1n) is 13.2. The van der Waals surface area contributed by atoms with Crippen molar-refractivity contribution < 1.29 is 13.2 Å². The molecule has 0 atom stereocenters. The molecule has 0 saturated heterocycles. The number of benzene rings is 2. The lowest BCUT2D eigenvalue weighted by atomic mass is 10.0. The predicted molar refractivity (Wildman–Crippen MR) is 149 cm³/mol. The summed E-state index contributed by atoms with van der Waals surface area (Å²) in [5.74, 6) is -1.84. The van der Waals surface area contributed by atoms with E-state index in [1.807, 2.05) is 38.2 Å². The highest BCUT2D eigenvalue weighted by Crippen LogP contribution is 2.33. The maximum absolute atomic E-state index is 13.8. The number of aromatic nitrogens is 5. The van der Waals surface area contributed by atoms with E-state index in [-0.39, 0.29) is 0 Å². The van der Waals surface area contributed by atoms with E-state index >= 15 is 0 Å². The molecule has 0 saturated carbocycles. The van der Waals surface area contributed by atoms with Gasteiger partial charge in [0.05, 0.1) is 5.52 Å². The van der Waals surface area contributed by atoms with Gasteiger partial charge in [-0.2, -0.15) is 8.78 Å². The number of hydrogen-bond acceptors (Lipinski definition) is 7. The van der Waals surface area contributed by atoms with E-state index < -0.39 is 11.8 Å². The summed E-state index contributed by atoms with van der Waals surface area (Å²) in [6.45, 7) is 5.56. The number of aryl methyl sites for hydroxylation is 1. The quantitative estimate of drug-likeness (QED) is 0.178. The van der Waals surface area contributed by atoms with E-state index in [1.54, 1.807) is 17.8 Å². The number of thioether (sulfide) groups is 1. The highest BCUT2D eigenvalue weighted by molar-refractivity contribution is 7.99. The average molecular weight is 549 g/mol. The molecule has 0 radical (unpaired) electrons. The maximum Gasteiger partial charge on any atom is 0.319 e. The van der Waals surface area contributed by atoms with Crippen LogP contribution in [0.25, 0.3) is 33.4 Å². The minimum atomic E-state index is -3.09. The summed E-state index contributed by atoms with van der Waals surface area (Å²) >= 11 is 1.71. The fourth-order valence-corrected chi connectivity index (χ4v) is 6.08. The average Bonchev–Trinajstić information content (AvgIpc) is 3.45. The molecule has 0 aliphatic carbocycles. The number of alkyl halides is 2. The van der Waals surface area contributed by atoms with E-state index in [2.05, 4.69) is 41.8 Å². The van der Waals surface area contributed by atoms with Crippen LogP contribution in [0, 0.1) is 6.92 Å². The number of oxazole rings is 1. The van der Waals surface area contributed by atoms with Crippen LogP contribution in [0.1, 0.15) is 36.1 Å². The first kappa shape index (κ1) is 25.9. The molecule has 1 aliphatic heterocycles. The number of rotatable bonds is 7. The molecule has 7 nitrogen and oxygen atoms in total. The lowest BCUT2D eigenvalue weighted by molar-refractivity contribution is -0.00941. The molecule has 3 aromatic heterocycles. The van der Waals surface area contributed by atoms with Crippen LogP contribution < -0.4 is 0 Å². The predicted octanol–water partition coefficient (Wildman–Crippen LogP) is 6.17. The van der Waals surface area contributed by atoms with Gasteiger partial charge in [-0.25, -0.2) is 4.98 Å². The first-order valence-corrected chi connectivity index (χ1v) is 14.2. The summed E-state index contributed by atoms with van der Waals surface area (Å²) in [5.41, 5.74) is 6.16. The Kier molecular flexibility index (Phi) is 6.84. The summed E-state index contributed by atoms with van der Waals surface area (Å²) in [7, 11) is 2.01. The summed E-state index contributed by atoms with van der Waals surface area (Å²) in [4.78, 5) is 11.1. The zero-order valence-corrected chi connectivity index (χ0v) is 23.1. The van der Waals surface area contributed by atoms with Crippen molar-refractivity contribution in [2.75, 3.05) is 25.4 Å². The first-order chi connectivity index (χ1) is 18.8. The van der Waals surface area contributed by atoms with Gasteiger partial charge in [0.1, 0.15) is 5.52 Å². The SMILES string of the molecule is Cc1ccc2c(-c3nnc(SCCCN4CCc5ccc6nc(C(C)(F)F)oc6c5CC4)n3C)cccc2n1. The van der Waals surface area contributed by atoms with E-state index in [9.17, 15) is 8.78 Å². The number of hydrogen-bond donors (Lipinski definition) is 0. The Morgan fingerprint density at radius 2 is 1.85 bits per heavy atom. The Labute approximate surface area is 229 Å². The minimum Gasteiger partial charge on any atom is -0.435 e. The molecule has 0 unspecified atom stereocenters. The van der Waals surface area contributed by atoms with Crippen LogP contribution in [-0.4, -0.2) is 55.0 Å². The Morgan fingerprint density at radius 1 is 1.00 bits per heavy atom. The minimum absolute atomic E-state index is 0.507. The molecule has 4 heterocycles. The van der Waals surface area contributed by atoms with Crippen molar-refractivity contribution in [1.29, 1.82) is 0 Å². The van der Waals surface area contributed by atoms with Crippen molar-refractivity contribution in [3.05, 3.63) is 65.2 Å². The Bertz CT molecular complexity index is 1660. The molecule has 0 bridgehead atoms. The Hall–Kier alpha value is -3.37. The van der Waals surface area contributed by atoms with Gasteiger partial charge < -0.3 is 13.9 Å². The van der Waals surface area contributed by atoms with E-state index in [0.717, 1.165) is 95.8 Å². The Balaban J connectivity index is 1.07. The van der Waals surface area contributed by atoms with Gasteiger partial charge in [-0.15, -0.1) is 10.2 Å². The van der Waals surface area contributed by atoms with Gasteiger partial charge in [0.15, 0.2) is 16.6 Å². The number of fused-ring (bicyclic) bond motifs is 4. The van der Waals surface area contributed by atoms with Crippen LogP contribution in [0.5, 0.6) is 0 Å². The topological polar surface area (TPSA) is 72.9 Å². The summed E-state index contributed by atoms with van der Waals surface area (Å²) in [6, 6.07) is 14.0. The summed E-state index contributed by atoms with van der Waals surface area (Å²) < 4.78 is 35.1. The number of nitrogens with zero attached hydrogens (tertiary/aromatic N) is 6.